The van der Waals surface area contributed by atoms with Crippen molar-refractivity contribution in [1.29, 1.82) is 0 Å². The number of rotatable bonds is 3. The standard InChI is InChI=1S/C13H9N5O2/c19-18(20)10-6-7-12-11(8-10)13(16-17-15-12)14-9-4-2-1-3-5-9/h1-8H,(H,14,15,16). The number of nitro groups is 1. The molecule has 7 heteroatoms. The van der Waals surface area contributed by atoms with Crippen molar-refractivity contribution >= 4 is 28.1 Å². The zero-order valence-corrected chi connectivity index (χ0v) is 10.2. The normalized spacial score (nSPS) is 10.4. The van der Waals surface area contributed by atoms with Gasteiger partial charge in [-0.2, -0.15) is 0 Å². The van der Waals surface area contributed by atoms with Gasteiger partial charge in [0.2, 0.25) is 0 Å². The van der Waals surface area contributed by atoms with Gasteiger partial charge in [0, 0.05) is 17.8 Å². The molecule has 0 bridgehead atoms. The summed E-state index contributed by atoms with van der Waals surface area (Å²) in [5.41, 5.74) is 1.35. The van der Waals surface area contributed by atoms with Gasteiger partial charge in [-0.1, -0.05) is 18.2 Å². The number of fused-ring (bicyclic) bond motifs is 1. The Balaban J connectivity index is 2.10. The van der Waals surface area contributed by atoms with Gasteiger partial charge >= 0.3 is 0 Å². The van der Waals surface area contributed by atoms with Gasteiger partial charge in [0.05, 0.1) is 15.8 Å². The van der Waals surface area contributed by atoms with Crippen molar-refractivity contribution in [3.63, 3.8) is 0 Å². The lowest BCUT2D eigenvalue weighted by Crippen LogP contribution is -1.99. The molecule has 0 spiro atoms. The van der Waals surface area contributed by atoms with Gasteiger partial charge in [0.15, 0.2) is 5.82 Å². The quantitative estimate of drug-likeness (QED) is 0.579. The van der Waals surface area contributed by atoms with Gasteiger partial charge < -0.3 is 5.32 Å². The Hall–Kier alpha value is -3.09. The van der Waals surface area contributed by atoms with Crippen LogP contribution in [0.25, 0.3) is 10.9 Å². The Kier molecular flexibility index (Phi) is 2.92. The van der Waals surface area contributed by atoms with Crippen LogP contribution in [0.4, 0.5) is 17.2 Å². The van der Waals surface area contributed by atoms with Crippen LogP contribution in [0.2, 0.25) is 0 Å². The monoisotopic (exact) mass is 267 g/mol. The van der Waals surface area contributed by atoms with Crippen molar-refractivity contribution in [3.05, 3.63) is 58.6 Å². The molecule has 0 atom stereocenters. The highest BCUT2D eigenvalue weighted by Crippen LogP contribution is 2.25. The molecule has 0 aliphatic heterocycles. The predicted octanol–water partition coefficient (Wildman–Crippen LogP) is 2.68. The van der Waals surface area contributed by atoms with Gasteiger partial charge in [0.1, 0.15) is 0 Å². The number of anilines is 2. The molecule has 0 amide bonds. The second-order valence-electron chi connectivity index (χ2n) is 4.09. The largest absolute Gasteiger partial charge is 0.338 e. The van der Waals surface area contributed by atoms with E-state index in [0.29, 0.717) is 16.7 Å². The van der Waals surface area contributed by atoms with Crippen LogP contribution in [0.5, 0.6) is 0 Å². The molecule has 0 aliphatic carbocycles. The smallest absolute Gasteiger partial charge is 0.270 e. The average Bonchev–Trinajstić information content (AvgIpc) is 2.48. The second-order valence-corrected chi connectivity index (χ2v) is 4.09. The van der Waals surface area contributed by atoms with Crippen LogP contribution < -0.4 is 5.32 Å². The minimum absolute atomic E-state index is 0.0107. The average molecular weight is 267 g/mol. The number of nitro benzene ring substituents is 1. The summed E-state index contributed by atoms with van der Waals surface area (Å²) in [4.78, 5) is 10.4. The summed E-state index contributed by atoms with van der Waals surface area (Å²) in [5.74, 6) is 0.435. The first-order valence-corrected chi connectivity index (χ1v) is 5.83. The van der Waals surface area contributed by atoms with E-state index < -0.39 is 4.92 Å². The van der Waals surface area contributed by atoms with E-state index >= 15 is 0 Å². The number of hydrogen-bond acceptors (Lipinski definition) is 6. The third-order valence-electron chi connectivity index (χ3n) is 2.78. The Bertz CT molecular complexity index is 776. The summed E-state index contributed by atoms with van der Waals surface area (Å²) < 4.78 is 0. The first-order chi connectivity index (χ1) is 9.74. The molecule has 0 fully saturated rings. The van der Waals surface area contributed by atoms with Crippen molar-refractivity contribution in [2.75, 3.05) is 5.32 Å². The molecule has 0 unspecified atom stereocenters. The van der Waals surface area contributed by atoms with Gasteiger partial charge in [0.25, 0.3) is 5.69 Å². The van der Waals surface area contributed by atoms with E-state index in [-0.39, 0.29) is 5.69 Å². The van der Waals surface area contributed by atoms with Gasteiger partial charge in [-0.25, -0.2) is 0 Å². The van der Waals surface area contributed by atoms with Gasteiger partial charge in [-0.3, -0.25) is 10.1 Å². The zero-order chi connectivity index (χ0) is 13.9. The highest BCUT2D eigenvalue weighted by Gasteiger charge is 2.11. The molecule has 0 radical (unpaired) electrons. The van der Waals surface area contributed by atoms with E-state index in [2.05, 4.69) is 20.7 Å². The van der Waals surface area contributed by atoms with Crippen LogP contribution in [0.1, 0.15) is 0 Å². The predicted molar refractivity (Wildman–Crippen MR) is 73.7 cm³/mol. The summed E-state index contributed by atoms with van der Waals surface area (Å²) in [5, 5.41) is 25.9. The number of aromatic nitrogens is 3. The number of hydrogen-bond donors (Lipinski definition) is 1. The van der Waals surface area contributed by atoms with E-state index in [0.717, 1.165) is 5.69 Å². The summed E-state index contributed by atoms with van der Waals surface area (Å²) in [6, 6.07) is 13.8. The lowest BCUT2D eigenvalue weighted by molar-refractivity contribution is -0.384. The van der Waals surface area contributed by atoms with Crippen LogP contribution in [0.15, 0.2) is 48.5 Å². The van der Waals surface area contributed by atoms with E-state index in [9.17, 15) is 10.1 Å². The molecule has 0 saturated heterocycles. The summed E-state index contributed by atoms with van der Waals surface area (Å²) >= 11 is 0. The minimum atomic E-state index is -0.452. The Morgan fingerprint density at radius 2 is 1.85 bits per heavy atom. The molecule has 1 N–H and O–H groups in total. The molecular formula is C13H9N5O2. The van der Waals surface area contributed by atoms with Crippen LogP contribution in [-0.2, 0) is 0 Å². The maximum absolute atomic E-state index is 10.8. The Morgan fingerprint density at radius 1 is 1.05 bits per heavy atom. The first kappa shape index (κ1) is 12.0. The molecule has 20 heavy (non-hydrogen) atoms. The van der Waals surface area contributed by atoms with E-state index in [1.807, 2.05) is 30.3 Å². The molecule has 3 aromatic rings. The SMILES string of the molecule is O=[N+]([O-])c1ccc2nnnc(Nc3ccccc3)c2c1. The fourth-order valence-electron chi connectivity index (χ4n) is 1.83. The number of benzene rings is 2. The maximum Gasteiger partial charge on any atom is 0.270 e. The van der Waals surface area contributed by atoms with Crippen LogP contribution >= 0.6 is 0 Å². The van der Waals surface area contributed by atoms with E-state index in [1.165, 1.54) is 12.1 Å². The molecule has 0 aliphatic rings. The van der Waals surface area contributed by atoms with E-state index in [4.69, 9.17) is 0 Å². The van der Waals surface area contributed by atoms with Gasteiger partial charge in [-0.15, -0.1) is 10.2 Å². The van der Waals surface area contributed by atoms with Gasteiger partial charge in [-0.05, 0) is 23.4 Å². The number of para-hydroxylation sites is 1. The van der Waals surface area contributed by atoms with Crippen molar-refractivity contribution in [1.82, 2.24) is 15.4 Å². The summed E-state index contributed by atoms with van der Waals surface area (Å²) in [6.07, 6.45) is 0. The third kappa shape index (κ3) is 2.24. The van der Waals surface area contributed by atoms with Crippen molar-refractivity contribution < 1.29 is 4.92 Å². The minimum Gasteiger partial charge on any atom is -0.338 e. The van der Waals surface area contributed by atoms with Crippen molar-refractivity contribution in [3.8, 4) is 0 Å². The number of nitrogens with one attached hydrogen (secondary N) is 1. The van der Waals surface area contributed by atoms with Crippen LogP contribution in [0, 0.1) is 10.1 Å². The van der Waals surface area contributed by atoms with Crippen molar-refractivity contribution in [2.24, 2.45) is 0 Å². The number of non-ortho nitro benzene ring substituents is 1. The topological polar surface area (TPSA) is 93.8 Å². The lowest BCUT2D eigenvalue weighted by atomic mass is 10.2. The molecule has 3 rings (SSSR count). The highest BCUT2D eigenvalue weighted by molar-refractivity contribution is 5.91. The molecular weight excluding hydrogens is 258 g/mol. The number of nitrogens with zero attached hydrogens (tertiary/aromatic N) is 4. The highest BCUT2D eigenvalue weighted by atomic mass is 16.6. The van der Waals surface area contributed by atoms with Crippen molar-refractivity contribution in [2.45, 2.75) is 0 Å². The molecule has 7 nitrogen and oxygen atoms in total. The fraction of sp³-hybridized carbons (Fsp3) is 0. The zero-order valence-electron chi connectivity index (χ0n) is 10.2. The fourth-order valence-corrected chi connectivity index (χ4v) is 1.83. The summed E-state index contributed by atoms with van der Waals surface area (Å²) in [6.45, 7) is 0. The van der Waals surface area contributed by atoms with Crippen LogP contribution in [0.3, 0.4) is 0 Å². The molecule has 1 aromatic heterocycles. The van der Waals surface area contributed by atoms with E-state index in [1.54, 1.807) is 6.07 Å². The van der Waals surface area contributed by atoms with Crippen LogP contribution in [-0.4, -0.2) is 20.3 Å². The molecule has 2 aromatic carbocycles. The lowest BCUT2D eigenvalue weighted by Gasteiger charge is -2.06. The first-order valence-electron chi connectivity index (χ1n) is 5.83. The molecule has 98 valence electrons. The Labute approximate surface area is 113 Å². The second kappa shape index (κ2) is 4.88. The summed E-state index contributed by atoms with van der Waals surface area (Å²) in [7, 11) is 0. The third-order valence-corrected chi connectivity index (χ3v) is 2.78. The Morgan fingerprint density at radius 3 is 2.60 bits per heavy atom. The molecule has 1 heterocycles. The maximum atomic E-state index is 10.8. The molecule has 0 saturated carbocycles.